The number of carbonyl (C=O) groups excluding carboxylic acids is 2. The van der Waals surface area contributed by atoms with E-state index >= 15 is 0 Å². The average molecular weight is 480 g/mol. The molecule has 1 saturated heterocycles. The zero-order valence-corrected chi connectivity index (χ0v) is 18.9. The van der Waals surface area contributed by atoms with E-state index in [1.807, 2.05) is 13.0 Å². The van der Waals surface area contributed by atoms with Crippen LogP contribution in [0.3, 0.4) is 0 Å². The summed E-state index contributed by atoms with van der Waals surface area (Å²) in [5.74, 6) is -1.88. The van der Waals surface area contributed by atoms with Crippen molar-refractivity contribution in [2.75, 3.05) is 6.54 Å². The zero-order valence-electron chi connectivity index (χ0n) is 18.9. The first kappa shape index (κ1) is 24.9. The number of ether oxygens (including phenoxy) is 2. The summed E-state index contributed by atoms with van der Waals surface area (Å²) in [6, 6.07) is 4.50. The normalized spacial score (nSPS) is 18.4. The molecule has 0 aliphatic carbocycles. The van der Waals surface area contributed by atoms with Crippen LogP contribution in [0.4, 0.5) is 18.0 Å². The van der Waals surface area contributed by atoms with Gasteiger partial charge in [0.15, 0.2) is 5.76 Å². The van der Waals surface area contributed by atoms with Crippen molar-refractivity contribution in [2.24, 2.45) is 0 Å². The van der Waals surface area contributed by atoms with Crippen molar-refractivity contribution in [1.29, 1.82) is 5.26 Å². The summed E-state index contributed by atoms with van der Waals surface area (Å²) in [5.41, 5.74) is -0.785. The van der Waals surface area contributed by atoms with Gasteiger partial charge in [0, 0.05) is 18.6 Å². The Bertz CT molecular complexity index is 1120. The molecule has 34 heavy (non-hydrogen) atoms. The van der Waals surface area contributed by atoms with Crippen LogP contribution >= 0.6 is 0 Å². The molecule has 1 N–H and O–H groups in total. The van der Waals surface area contributed by atoms with Crippen molar-refractivity contribution in [2.45, 2.75) is 58.2 Å². The van der Waals surface area contributed by atoms with Crippen LogP contribution in [0.5, 0.6) is 5.75 Å². The minimum atomic E-state index is -4.97. The molecule has 0 radical (unpaired) electrons. The Morgan fingerprint density at radius 2 is 2.00 bits per heavy atom. The van der Waals surface area contributed by atoms with E-state index in [1.54, 1.807) is 20.8 Å². The Kier molecular flexibility index (Phi) is 6.77. The van der Waals surface area contributed by atoms with Crippen LogP contribution in [-0.2, 0) is 4.74 Å². The fraction of sp³-hybridized carbons (Fsp3) is 0.455. The number of rotatable bonds is 4. The molecule has 1 fully saturated rings. The molecule has 1 aromatic heterocycles. The maximum Gasteiger partial charge on any atom is 0.573 e. The van der Waals surface area contributed by atoms with Crippen molar-refractivity contribution in [3.63, 3.8) is 0 Å². The van der Waals surface area contributed by atoms with Crippen LogP contribution < -0.4 is 10.1 Å². The van der Waals surface area contributed by atoms with Gasteiger partial charge in [0.25, 0.3) is 5.89 Å². The monoisotopic (exact) mass is 480 g/mol. The summed E-state index contributed by atoms with van der Waals surface area (Å²) < 4.78 is 53.0. The number of benzene rings is 1. The lowest BCUT2D eigenvalue weighted by atomic mass is 10.1. The largest absolute Gasteiger partial charge is 0.573 e. The van der Waals surface area contributed by atoms with Crippen LogP contribution in [0, 0.1) is 11.3 Å². The van der Waals surface area contributed by atoms with Crippen LogP contribution in [0.15, 0.2) is 28.8 Å². The minimum absolute atomic E-state index is 0.0640. The van der Waals surface area contributed by atoms with Crippen LogP contribution in [0.25, 0.3) is 11.3 Å². The number of hydrogen-bond donors (Lipinski definition) is 1. The van der Waals surface area contributed by atoms with Crippen molar-refractivity contribution < 1.29 is 36.7 Å². The number of oxazole rings is 1. The Labute approximate surface area is 193 Å². The summed E-state index contributed by atoms with van der Waals surface area (Å²) >= 11 is 0. The second-order valence-corrected chi connectivity index (χ2v) is 8.79. The number of alkyl halides is 3. The molecule has 2 atom stereocenters. The molecule has 0 unspecified atom stereocenters. The Morgan fingerprint density at radius 3 is 2.62 bits per heavy atom. The maximum absolute atomic E-state index is 12.8. The van der Waals surface area contributed by atoms with Crippen molar-refractivity contribution >= 4 is 12.0 Å². The number of hydrogen-bond acceptors (Lipinski definition) is 7. The molecular weight excluding hydrogens is 457 g/mol. The van der Waals surface area contributed by atoms with Gasteiger partial charge in [0.1, 0.15) is 11.4 Å². The van der Waals surface area contributed by atoms with Gasteiger partial charge in [-0.2, -0.15) is 5.26 Å². The van der Waals surface area contributed by atoms with Gasteiger partial charge in [-0.1, -0.05) is 0 Å². The molecule has 2 aromatic rings. The van der Waals surface area contributed by atoms with Gasteiger partial charge in [0.05, 0.1) is 23.4 Å². The van der Waals surface area contributed by atoms with Gasteiger partial charge in [-0.25, -0.2) is 9.78 Å². The van der Waals surface area contributed by atoms with Gasteiger partial charge in [-0.3, -0.25) is 4.79 Å². The number of carbonyl (C=O) groups is 2. The number of halogens is 3. The van der Waals surface area contributed by atoms with E-state index in [-0.39, 0.29) is 29.5 Å². The Morgan fingerprint density at radius 1 is 1.29 bits per heavy atom. The van der Waals surface area contributed by atoms with E-state index < -0.39 is 41.6 Å². The third-order valence-corrected chi connectivity index (χ3v) is 4.84. The highest BCUT2D eigenvalue weighted by Gasteiger charge is 2.36. The maximum atomic E-state index is 12.8. The lowest BCUT2D eigenvalue weighted by Crippen LogP contribution is -2.41. The molecule has 1 aliphatic rings. The zero-order chi connectivity index (χ0) is 25.3. The topological polar surface area (TPSA) is 118 Å². The predicted octanol–water partition coefficient (Wildman–Crippen LogP) is 4.24. The fourth-order valence-corrected chi connectivity index (χ4v) is 3.47. The van der Waals surface area contributed by atoms with Crippen molar-refractivity contribution in [3.05, 3.63) is 35.9 Å². The molecule has 12 heteroatoms. The van der Waals surface area contributed by atoms with E-state index in [4.69, 9.17) is 14.4 Å². The molecule has 1 aromatic carbocycles. The summed E-state index contributed by atoms with van der Waals surface area (Å²) in [5, 5.41) is 11.8. The third kappa shape index (κ3) is 6.18. The molecule has 1 aliphatic heterocycles. The van der Waals surface area contributed by atoms with Gasteiger partial charge < -0.3 is 24.1 Å². The standard InChI is InChI=1S/C22H23F3N4O5/c1-12-7-14(11-29(12)20(31)34-21(2,3)4)28-18(30)19-27-10-17(32-19)15-8-13(9-26)5-6-16(15)33-22(23,24)25/h5-6,8,10,12,14H,7,11H2,1-4H3,(H,28,30)/t12-,14-/m1/s1. The molecule has 9 nitrogen and oxygen atoms in total. The summed E-state index contributed by atoms with van der Waals surface area (Å²) in [6.07, 6.45) is -3.93. The first-order chi connectivity index (χ1) is 15.8. The predicted molar refractivity (Wildman–Crippen MR) is 112 cm³/mol. The number of nitriles is 1. The number of amides is 2. The van der Waals surface area contributed by atoms with Gasteiger partial charge in [0.2, 0.25) is 0 Å². The van der Waals surface area contributed by atoms with E-state index in [1.165, 1.54) is 4.90 Å². The highest BCUT2D eigenvalue weighted by atomic mass is 19.4. The summed E-state index contributed by atoms with van der Waals surface area (Å²) in [7, 11) is 0. The van der Waals surface area contributed by atoms with E-state index in [2.05, 4.69) is 15.0 Å². The summed E-state index contributed by atoms with van der Waals surface area (Å²) in [6.45, 7) is 7.29. The first-order valence-electron chi connectivity index (χ1n) is 10.3. The van der Waals surface area contributed by atoms with E-state index in [9.17, 15) is 22.8 Å². The van der Waals surface area contributed by atoms with Gasteiger partial charge in [-0.05, 0) is 52.3 Å². The molecule has 182 valence electrons. The molecule has 0 spiro atoms. The number of nitrogens with one attached hydrogen (secondary N) is 1. The van der Waals surface area contributed by atoms with Crippen molar-refractivity contribution in [1.82, 2.24) is 15.2 Å². The number of likely N-dealkylation sites (tertiary alicyclic amines) is 1. The van der Waals surface area contributed by atoms with Crippen LogP contribution in [0.2, 0.25) is 0 Å². The quantitative estimate of drug-likeness (QED) is 0.695. The second kappa shape index (κ2) is 9.24. The SMILES string of the molecule is C[C@@H]1C[C@@H](NC(=O)c2ncc(-c3cc(C#N)ccc3OC(F)(F)F)o2)CN1C(=O)OC(C)(C)C. The highest BCUT2D eigenvalue weighted by molar-refractivity contribution is 5.90. The minimum Gasteiger partial charge on any atom is -0.444 e. The van der Waals surface area contributed by atoms with E-state index in [0.29, 0.717) is 6.42 Å². The highest BCUT2D eigenvalue weighted by Crippen LogP contribution is 2.35. The lowest BCUT2D eigenvalue weighted by molar-refractivity contribution is -0.274. The van der Waals surface area contributed by atoms with Gasteiger partial charge in [-0.15, -0.1) is 13.2 Å². The average Bonchev–Trinajstić information content (AvgIpc) is 3.33. The van der Waals surface area contributed by atoms with Gasteiger partial charge >= 0.3 is 18.4 Å². The first-order valence-corrected chi connectivity index (χ1v) is 10.3. The summed E-state index contributed by atoms with van der Waals surface area (Å²) in [4.78, 5) is 30.3. The molecule has 0 bridgehead atoms. The molecule has 3 rings (SSSR count). The molecule has 0 saturated carbocycles. The number of nitrogens with zero attached hydrogens (tertiary/aromatic N) is 3. The smallest absolute Gasteiger partial charge is 0.444 e. The molecule has 2 heterocycles. The second-order valence-electron chi connectivity index (χ2n) is 8.79. The Hall–Kier alpha value is -3.75. The lowest BCUT2D eigenvalue weighted by Gasteiger charge is -2.26. The van der Waals surface area contributed by atoms with Crippen molar-refractivity contribution in [3.8, 4) is 23.1 Å². The molecular formula is C22H23F3N4O5. The molecule has 2 amide bonds. The fourth-order valence-electron chi connectivity index (χ4n) is 3.47. The van der Waals surface area contributed by atoms with Crippen LogP contribution in [0.1, 0.15) is 50.4 Å². The van der Waals surface area contributed by atoms with E-state index in [0.717, 1.165) is 24.4 Å². The third-order valence-electron chi connectivity index (χ3n) is 4.84. The number of aromatic nitrogens is 1. The Balaban J connectivity index is 1.73. The van der Waals surface area contributed by atoms with Crippen LogP contribution in [-0.4, -0.2) is 52.5 Å².